The van der Waals surface area contributed by atoms with Gasteiger partial charge in [-0.1, -0.05) is 0 Å². The van der Waals surface area contributed by atoms with Gasteiger partial charge in [0.25, 0.3) is 0 Å². The van der Waals surface area contributed by atoms with Gasteiger partial charge in [0.05, 0.1) is 12.8 Å². The van der Waals surface area contributed by atoms with Crippen LogP contribution in [0, 0.1) is 0 Å². The minimum atomic E-state index is 0.534. The van der Waals surface area contributed by atoms with Crippen molar-refractivity contribution in [1.82, 2.24) is 4.98 Å². The molecule has 3 heteroatoms. The summed E-state index contributed by atoms with van der Waals surface area (Å²) in [4.78, 5) is 12.8. The van der Waals surface area contributed by atoms with Gasteiger partial charge in [-0.3, -0.25) is 4.79 Å². The first-order valence-electron chi connectivity index (χ1n) is 2.54. The summed E-state index contributed by atoms with van der Waals surface area (Å²) in [5.74, 6) is 0.678. The largest absolute Gasteiger partial charge is 0.495 e. The number of ether oxygens (including phenoxy) is 1. The highest BCUT2D eigenvalue weighted by Crippen LogP contribution is 2.08. The second-order valence-electron chi connectivity index (χ2n) is 1.61. The molecule has 1 N–H and O–H groups in total. The van der Waals surface area contributed by atoms with Gasteiger partial charge in [0, 0.05) is 12.3 Å². The smallest absolute Gasteiger partial charge is 0.166 e. The zero-order valence-electron chi connectivity index (χ0n) is 5.05. The number of aromatic amines is 1. The first-order valence-corrected chi connectivity index (χ1v) is 2.54. The summed E-state index contributed by atoms with van der Waals surface area (Å²) >= 11 is 0. The normalized spacial score (nSPS) is 9.00. The molecule has 0 aliphatic heterocycles. The fraction of sp³-hybridized carbons (Fsp3) is 0.167. The molecule has 1 aromatic rings. The second-order valence-corrected chi connectivity index (χ2v) is 1.61. The van der Waals surface area contributed by atoms with Crippen LogP contribution in [0.4, 0.5) is 0 Å². The molecule has 0 bridgehead atoms. The first-order chi connectivity index (χ1) is 4.36. The molecule has 0 atom stereocenters. The van der Waals surface area contributed by atoms with Gasteiger partial charge in [0.15, 0.2) is 6.29 Å². The third kappa shape index (κ3) is 1.10. The number of rotatable bonds is 2. The Balaban J connectivity index is 2.86. The fourth-order valence-electron chi connectivity index (χ4n) is 0.577. The van der Waals surface area contributed by atoms with E-state index in [-0.39, 0.29) is 0 Å². The summed E-state index contributed by atoms with van der Waals surface area (Å²) in [6.45, 7) is 0. The van der Waals surface area contributed by atoms with Gasteiger partial charge in [0.1, 0.15) is 5.75 Å². The minimum absolute atomic E-state index is 0.534. The Hall–Kier alpha value is -1.25. The van der Waals surface area contributed by atoms with E-state index in [4.69, 9.17) is 4.74 Å². The van der Waals surface area contributed by atoms with E-state index < -0.39 is 0 Å². The summed E-state index contributed by atoms with van der Waals surface area (Å²) in [6.07, 6.45) is 2.37. The second kappa shape index (κ2) is 2.35. The average molecular weight is 125 g/mol. The van der Waals surface area contributed by atoms with Crippen molar-refractivity contribution in [3.05, 3.63) is 18.0 Å². The van der Waals surface area contributed by atoms with Gasteiger partial charge < -0.3 is 9.72 Å². The third-order valence-electron chi connectivity index (χ3n) is 1.04. The van der Waals surface area contributed by atoms with E-state index in [1.807, 2.05) is 0 Å². The number of methoxy groups -OCH3 is 1. The van der Waals surface area contributed by atoms with Crippen LogP contribution in [0.2, 0.25) is 0 Å². The summed E-state index contributed by atoms with van der Waals surface area (Å²) in [5.41, 5.74) is 0.534. The molecule has 0 aliphatic carbocycles. The van der Waals surface area contributed by atoms with Crippen LogP contribution in [-0.4, -0.2) is 18.4 Å². The molecule has 0 amide bonds. The summed E-state index contributed by atoms with van der Waals surface area (Å²) < 4.78 is 4.81. The van der Waals surface area contributed by atoms with Crippen LogP contribution < -0.4 is 4.74 Å². The lowest BCUT2D eigenvalue weighted by Crippen LogP contribution is -1.76. The molecule has 0 aromatic carbocycles. The lowest BCUT2D eigenvalue weighted by Gasteiger charge is -1.87. The lowest BCUT2D eigenvalue weighted by molar-refractivity contribution is 0.111. The zero-order valence-corrected chi connectivity index (χ0v) is 5.05. The number of carbonyl (C=O) groups is 1. The van der Waals surface area contributed by atoms with Gasteiger partial charge in [0.2, 0.25) is 0 Å². The van der Waals surface area contributed by atoms with E-state index in [1.165, 1.54) is 0 Å². The number of hydrogen-bond donors (Lipinski definition) is 1. The molecular formula is C6H7NO2. The molecule has 0 unspecified atom stereocenters. The Morgan fingerprint density at radius 3 is 2.89 bits per heavy atom. The monoisotopic (exact) mass is 125 g/mol. The number of hydrogen-bond acceptors (Lipinski definition) is 2. The average Bonchev–Trinajstić information content (AvgIpc) is 2.34. The van der Waals surface area contributed by atoms with E-state index in [0.717, 1.165) is 6.29 Å². The Bertz CT molecular complexity index is 205. The zero-order chi connectivity index (χ0) is 6.69. The van der Waals surface area contributed by atoms with Crippen LogP contribution in [0.1, 0.15) is 10.5 Å². The molecule has 1 heterocycles. The highest BCUT2D eigenvalue weighted by Gasteiger charge is 1.93. The Kier molecular flexibility index (Phi) is 1.53. The van der Waals surface area contributed by atoms with Crippen molar-refractivity contribution in [2.24, 2.45) is 0 Å². The van der Waals surface area contributed by atoms with Crippen LogP contribution in [0.3, 0.4) is 0 Å². The van der Waals surface area contributed by atoms with Crippen LogP contribution in [0.25, 0.3) is 0 Å². The quantitative estimate of drug-likeness (QED) is 0.595. The summed E-state index contributed by atoms with van der Waals surface area (Å²) in [5, 5.41) is 0. The molecule has 0 saturated heterocycles. The van der Waals surface area contributed by atoms with Crippen molar-refractivity contribution < 1.29 is 9.53 Å². The van der Waals surface area contributed by atoms with Crippen LogP contribution in [0.5, 0.6) is 5.75 Å². The van der Waals surface area contributed by atoms with Gasteiger partial charge in [-0.05, 0) is 0 Å². The summed E-state index contributed by atoms with van der Waals surface area (Å²) in [6, 6.07) is 1.63. The van der Waals surface area contributed by atoms with E-state index in [0.29, 0.717) is 11.4 Å². The highest BCUT2D eigenvalue weighted by molar-refractivity contribution is 5.72. The van der Waals surface area contributed by atoms with E-state index in [1.54, 1.807) is 19.4 Å². The van der Waals surface area contributed by atoms with E-state index in [9.17, 15) is 4.79 Å². The molecule has 3 nitrogen and oxygen atoms in total. The highest BCUT2D eigenvalue weighted by atomic mass is 16.5. The number of carbonyl (C=O) groups excluding carboxylic acids is 1. The molecule has 0 fully saturated rings. The Morgan fingerprint density at radius 1 is 1.78 bits per heavy atom. The van der Waals surface area contributed by atoms with Gasteiger partial charge in [-0.15, -0.1) is 0 Å². The molecule has 48 valence electrons. The lowest BCUT2D eigenvalue weighted by atomic mass is 10.5. The third-order valence-corrected chi connectivity index (χ3v) is 1.04. The number of aldehydes is 1. The fourth-order valence-corrected chi connectivity index (χ4v) is 0.577. The van der Waals surface area contributed by atoms with Crippen LogP contribution >= 0.6 is 0 Å². The van der Waals surface area contributed by atoms with Crippen molar-refractivity contribution in [2.75, 3.05) is 7.11 Å². The van der Waals surface area contributed by atoms with Gasteiger partial charge in [-0.2, -0.15) is 0 Å². The molecule has 9 heavy (non-hydrogen) atoms. The molecule has 0 aliphatic rings. The minimum Gasteiger partial charge on any atom is -0.495 e. The van der Waals surface area contributed by atoms with Gasteiger partial charge >= 0.3 is 0 Å². The van der Waals surface area contributed by atoms with Crippen LogP contribution in [-0.2, 0) is 0 Å². The van der Waals surface area contributed by atoms with Crippen molar-refractivity contribution in [3.8, 4) is 5.75 Å². The predicted octanol–water partition coefficient (Wildman–Crippen LogP) is 0.836. The topological polar surface area (TPSA) is 42.1 Å². The predicted molar refractivity (Wildman–Crippen MR) is 32.7 cm³/mol. The molecule has 0 spiro atoms. The first kappa shape index (κ1) is 5.88. The van der Waals surface area contributed by atoms with Crippen molar-refractivity contribution in [2.45, 2.75) is 0 Å². The molecule has 0 radical (unpaired) electrons. The van der Waals surface area contributed by atoms with E-state index in [2.05, 4.69) is 4.98 Å². The number of aromatic nitrogens is 1. The standard InChI is InChI=1S/C6H7NO2/c1-9-6-2-5(4-8)7-3-6/h2-4,7H,1H3. The van der Waals surface area contributed by atoms with E-state index >= 15 is 0 Å². The van der Waals surface area contributed by atoms with Gasteiger partial charge in [-0.25, -0.2) is 0 Å². The number of nitrogens with one attached hydrogen (secondary N) is 1. The van der Waals surface area contributed by atoms with Crippen molar-refractivity contribution in [3.63, 3.8) is 0 Å². The Labute approximate surface area is 52.6 Å². The number of H-pyrrole nitrogens is 1. The molecule has 1 rings (SSSR count). The maximum Gasteiger partial charge on any atom is 0.166 e. The molecule has 1 aromatic heterocycles. The van der Waals surface area contributed by atoms with Crippen LogP contribution in [0.15, 0.2) is 12.3 Å². The SMILES string of the molecule is COc1c[nH]c(C=O)c1. The molecular weight excluding hydrogens is 118 g/mol. The summed E-state index contributed by atoms with van der Waals surface area (Å²) in [7, 11) is 1.55. The maximum absolute atomic E-state index is 10.0. The van der Waals surface area contributed by atoms with Crippen molar-refractivity contribution in [1.29, 1.82) is 0 Å². The maximum atomic E-state index is 10.0. The Morgan fingerprint density at radius 2 is 2.56 bits per heavy atom. The van der Waals surface area contributed by atoms with Crippen molar-refractivity contribution >= 4 is 6.29 Å². The molecule has 0 saturated carbocycles.